The minimum Gasteiger partial charge on any atom is -0.345 e. The third-order valence-electron chi connectivity index (χ3n) is 4.02. The van der Waals surface area contributed by atoms with Crippen molar-refractivity contribution in [3.63, 3.8) is 0 Å². The van der Waals surface area contributed by atoms with E-state index in [0.29, 0.717) is 0 Å². The van der Waals surface area contributed by atoms with E-state index in [-0.39, 0.29) is 0 Å². The molecule has 0 aromatic heterocycles. The van der Waals surface area contributed by atoms with E-state index < -0.39 is 0 Å². The SMILES string of the molecule is CN(c1ccc(N(C)c2cccc(Cl)c2)cc1)c1cccc(Cl)c1. The van der Waals surface area contributed by atoms with E-state index in [2.05, 4.69) is 34.1 Å². The van der Waals surface area contributed by atoms with Gasteiger partial charge in [0, 0.05) is 46.9 Å². The Balaban J connectivity index is 1.82. The number of hydrogen-bond acceptors (Lipinski definition) is 2. The number of nitrogens with zero attached hydrogens (tertiary/aromatic N) is 2. The molecule has 122 valence electrons. The van der Waals surface area contributed by atoms with Crippen LogP contribution in [0.15, 0.2) is 72.8 Å². The highest BCUT2D eigenvalue weighted by atomic mass is 35.5. The molecule has 3 aromatic carbocycles. The molecule has 0 saturated carbocycles. The first kappa shape index (κ1) is 16.7. The van der Waals surface area contributed by atoms with E-state index in [1.54, 1.807) is 0 Å². The molecule has 0 saturated heterocycles. The molecule has 3 aromatic rings. The first-order valence-electron chi connectivity index (χ1n) is 7.63. The Morgan fingerprint density at radius 3 is 1.25 bits per heavy atom. The predicted molar refractivity (Wildman–Crippen MR) is 105 cm³/mol. The minimum absolute atomic E-state index is 0.733. The second kappa shape index (κ2) is 7.16. The van der Waals surface area contributed by atoms with Gasteiger partial charge in [0.2, 0.25) is 0 Å². The Kier molecular flexibility index (Phi) is 4.98. The molecule has 0 bridgehead atoms. The van der Waals surface area contributed by atoms with Crippen molar-refractivity contribution in [3.8, 4) is 0 Å². The zero-order chi connectivity index (χ0) is 17.1. The van der Waals surface area contributed by atoms with Crippen LogP contribution in [0.25, 0.3) is 0 Å². The highest BCUT2D eigenvalue weighted by molar-refractivity contribution is 6.31. The third kappa shape index (κ3) is 3.66. The highest BCUT2D eigenvalue weighted by Crippen LogP contribution is 2.30. The van der Waals surface area contributed by atoms with Gasteiger partial charge in [-0.2, -0.15) is 0 Å². The Morgan fingerprint density at radius 2 is 0.917 bits per heavy atom. The van der Waals surface area contributed by atoms with E-state index in [0.717, 1.165) is 32.8 Å². The smallest absolute Gasteiger partial charge is 0.0426 e. The maximum atomic E-state index is 6.08. The van der Waals surface area contributed by atoms with Gasteiger partial charge in [0.15, 0.2) is 0 Å². The molecule has 0 spiro atoms. The Hall–Kier alpha value is -2.16. The fraction of sp³-hybridized carbons (Fsp3) is 0.100. The molecular weight excluding hydrogens is 339 g/mol. The van der Waals surface area contributed by atoms with Gasteiger partial charge in [0.1, 0.15) is 0 Å². The molecule has 0 unspecified atom stereocenters. The van der Waals surface area contributed by atoms with Crippen molar-refractivity contribution in [1.29, 1.82) is 0 Å². The summed E-state index contributed by atoms with van der Waals surface area (Å²) in [6, 6.07) is 24.0. The lowest BCUT2D eigenvalue weighted by atomic mass is 10.2. The molecular formula is C20H18Cl2N2. The zero-order valence-electron chi connectivity index (χ0n) is 13.6. The molecule has 0 aliphatic carbocycles. The summed E-state index contributed by atoms with van der Waals surface area (Å²) in [5.41, 5.74) is 4.30. The Labute approximate surface area is 152 Å². The van der Waals surface area contributed by atoms with Gasteiger partial charge < -0.3 is 9.80 Å². The van der Waals surface area contributed by atoms with Crippen LogP contribution in [-0.4, -0.2) is 14.1 Å². The van der Waals surface area contributed by atoms with Crippen molar-refractivity contribution < 1.29 is 0 Å². The molecule has 0 N–H and O–H groups in total. The summed E-state index contributed by atoms with van der Waals surface area (Å²) in [6.45, 7) is 0. The summed E-state index contributed by atoms with van der Waals surface area (Å²) >= 11 is 12.2. The van der Waals surface area contributed by atoms with Gasteiger partial charge in [-0.25, -0.2) is 0 Å². The third-order valence-corrected chi connectivity index (χ3v) is 4.49. The first-order valence-corrected chi connectivity index (χ1v) is 8.39. The van der Waals surface area contributed by atoms with Crippen molar-refractivity contribution in [2.75, 3.05) is 23.9 Å². The van der Waals surface area contributed by atoms with Crippen LogP contribution >= 0.6 is 23.2 Å². The topological polar surface area (TPSA) is 6.48 Å². The highest BCUT2D eigenvalue weighted by Gasteiger charge is 2.07. The van der Waals surface area contributed by atoms with Gasteiger partial charge >= 0.3 is 0 Å². The van der Waals surface area contributed by atoms with Crippen LogP contribution in [0.1, 0.15) is 0 Å². The van der Waals surface area contributed by atoms with Gasteiger partial charge in [-0.05, 0) is 60.7 Å². The van der Waals surface area contributed by atoms with Gasteiger partial charge in [-0.1, -0.05) is 35.3 Å². The average Bonchev–Trinajstić information content (AvgIpc) is 2.60. The summed E-state index contributed by atoms with van der Waals surface area (Å²) in [4.78, 5) is 4.21. The van der Waals surface area contributed by atoms with Crippen molar-refractivity contribution in [3.05, 3.63) is 82.8 Å². The molecule has 3 rings (SSSR count). The molecule has 4 heteroatoms. The minimum atomic E-state index is 0.733. The van der Waals surface area contributed by atoms with Crippen LogP contribution in [0.5, 0.6) is 0 Å². The number of anilines is 4. The summed E-state index contributed by atoms with van der Waals surface area (Å²) in [5, 5.41) is 1.47. The van der Waals surface area contributed by atoms with Crippen LogP contribution in [0.3, 0.4) is 0 Å². The van der Waals surface area contributed by atoms with Crippen LogP contribution in [0.4, 0.5) is 22.7 Å². The summed E-state index contributed by atoms with van der Waals surface area (Å²) < 4.78 is 0. The fourth-order valence-electron chi connectivity index (χ4n) is 2.57. The van der Waals surface area contributed by atoms with E-state index >= 15 is 0 Å². The number of halogens is 2. The standard InChI is InChI=1S/C20H18Cl2N2/c1-23(19-7-3-5-15(21)13-19)17-9-11-18(12-10-17)24(2)20-8-4-6-16(22)14-20/h3-14H,1-2H3. The second-order valence-corrected chi connectivity index (χ2v) is 6.47. The Bertz CT molecular complexity index is 761. The van der Waals surface area contributed by atoms with Crippen molar-refractivity contribution >= 4 is 46.0 Å². The number of rotatable bonds is 4. The van der Waals surface area contributed by atoms with E-state index in [4.69, 9.17) is 23.2 Å². The molecule has 0 heterocycles. The molecule has 2 nitrogen and oxygen atoms in total. The first-order chi connectivity index (χ1) is 11.5. The van der Waals surface area contributed by atoms with Crippen molar-refractivity contribution in [2.45, 2.75) is 0 Å². The molecule has 0 atom stereocenters. The fourth-order valence-corrected chi connectivity index (χ4v) is 2.94. The molecule has 0 aliphatic heterocycles. The molecule has 0 aliphatic rings. The second-order valence-electron chi connectivity index (χ2n) is 5.59. The zero-order valence-corrected chi connectivity index (χ0v) is 15.1. The van der Waals surface area contributed by atoms with Crippen LogP contribution in [-0.2, 0) is 0 Å². The lowest BCUT2D eigenvalue weighted by Gasteiger charge is -2.23. The lowest BCUT2D eigenvalue weighted by Crippen LogP contribution is -2.11. The largest absolute Gasteiger partial charge is 0.345 e. The quantitative estimate of drug-likeness (QED) is 0.524. The number of hydrogen-bond donors (Lipinski definition) is 0. The van der Waals surface area contributed by atoms with E-state index in [1.807, 2.05) is 62.6 Å². The summed E-state index contributed by atoms with van der Waals surface area (Å²) in [6.07, 6.45) is 0. The van der Waals surface area contributed by atoms with Crippen molar-refractivity contribution in [1.82, 2.24) is 0 Å². The van der Waals surface area contributed by atoms with Crippen molar-refractivity contribution in [2.24, 2.45) is 0 Å². The Morgan fingerprint density at radius 1 is 0.542 bits per heavy atom. The number of benzene rings is 3. The van der Waals surface area contributed by atoms with Crippen LogP contribution < -0.4 is 9.80 Å². The molecule has 0 radical (unpaired) electrons. The monoisotopic (exact) mass is 356 g/mol. The summed E-state index contributed by atoms with van der Waals surface area (Å²) in [5.74, 6) is 0. The maximum absolute atomic E-state index is 6.08. The average molecular weight is 357 g/mol. The molecule has 0 fully saturated rings. The summed E-state index contributed by atoms with van der Waals surface area (Å²) in [7, 11) is 4.06. The molecule has 0 amide bonds. The van der Waals surface area contributed by atoms with Crippen LogP contribution in [0, 0.1) is 0 Å². The lowest BCUT2D eigenvalue weighted by molar-refractivity contribution is 1.18. The normalized spacial score (nSPS) is 10.5. The van der Waals surface area contributed by atoms with Gasteiger partial charge in [0.25, 0.3) is 0 Å². The maximum Gasteiger partial charge on any atom is 0.0426 e. The van der Waals surface area contributed by atoms with E-state index in [9.17, 15) is 0 Å². The predicted octanol–water partition coefficient (Wildman–Crippen LogP) is 6.53. The van der Waals surface area contributed by atoms with Gasteiger partial charge in [-0.3, -0.25) is 0 Å². The van der Waals surface area contributed by atoms with Gasteiger partial charge in [0.05, 0.1) is 0 Å². The van der Waals surface area contributed by atoms with E-state index in [1.165, 1.54) is 0 Å². The van der Waals surface area contributed by atoms with Crippen LogP contribution in [0.2, 0.25) is 10.0 Å². The van der Waals surface area contributed by atoms with Gasteiger partial charge in [-0.15, -0.1) is 0 Å². The molecule has 24 heavy (non-hydrogen) atoms.